The summed E-state index contributed by atoms with van der Waals surface area (Å²) in [4.78, 5) is 55.6. The molecular weight excluding hydrogens is 715 g/mol. The molecule has 0 bridgehead atoms. The van der Waals surface area contributed by atoms with E-state index in [0.717, 1.165) is 47.6 Å². The summed E-state index contributed by atoms with van der Waals surface area (Å²) in [6.07, 6.45) is 0.857. The summed E-state index contributed by atoms with van der Waals surface area (Å²) in [6, 6.07) is 27.7. The minimum atomic E-state index is -0.441. The van der Waals surface area contributed by atoms with Gasteiger partial charge in [-0.3, -0.25) is 14.5 Å². The second kappa shape index (κ2) is 15.7. The zero-order chi connectivity index (χ0) is 38.1. The Labute approximate surface area is 324 Å². The van der Waals surface area contributed by atoms with Gasteiger partial charge in [0.25, 0.3) is 11.8 Å². The molecule has 0 spiro atoms. The van der Waals surface area contributed by atoms with Crippen molar-refractivity contribution in [2.75, 3.05) is 51.3 Å². The summed E-state index contributed by atoms with van der Waals surface area (Å²) >= 11 is 1.29. The maximum absolute atomic E-state index is 15.2. The largest absolute Gasteiger partial charge is 0.508 e. The first-order chi connectivity index (χ1) is 26.7. The number of aryl methyl sites for hydroxylation is 1. The van der Waals surface area contributed by atoms with E-state index >= 15 is 4.79 Å². The number of anilines is 1. The number of nitrogens with zero attached hydrogens (tertiary/aromatic N) is 5. The Balaban J connectivity index is 1.17. The maximum Gasteiger partial charge on any atom is 0.415 e. The highest BCUT2D eigenvalue weighted by molar-refractivity contribution is 7.14. The second-order valence-electron chi connectivity index (χ2n) is 14.3. The van der Waals surface area contributed by atoms with Crippen molar-refractivity contribution in [2.24, 2.45) is 0 Å². The number of benzene rings is 4. The molecule has 0 unspecified atom stereocenters. The zero-order valence-corrected chi connectivity index (χ0v) is 31.8. The van der Waals surface area contributed by atoms with Gasteiger partial charge in [0.05, 0.1) is 18.9 Å². The minimum absolute atomic E-state index is 0.0747. The van der Waals surface area contributed by atoms with Crippen molar-refractivity contribution in [1.29, 1.82) is 0 Å². The fourth-order valence-corrected chi connectivity index (χ4v) is 8.59. The van der Waals surface area contributed by atoms with Crippen molar-refractivity contribution in [2.45, 2.75) is 38.9 Å². The Morgan fingerprint density at radius 1 is 0.891 bits per heavy atom. The summed E-state index contributed by atoms with van der Waals surface area (Å²) in [5, 5.41) is 10.1. The standard InChI is InChI=1S/C43H43N5O6S/c1-28-39(44-40(55-28)42(51)45(2)33-12-14-35(49)15-13-33)37-23-30-16-17-47(43(52)54-36-10-4-3-5-11-36)25-32(30)24-38(37)41(50)48-26-31-9-7-6-8-29(31)22-34(48)27-46-18-20-53-21-19-46/h3-15,23-24,34,49H,16-22,25-27H2,1-2H3/t34-/m0/s1. The smallest absolute Gasteiger partial charge is 0.415 e. The van der Waals surface area contributed by atoms with E-state index in [1.807, 2.05) is 48.2 Å². The molecule has 3 amide bonds. The minimum Gasteiger partial charge on any atom is -0.508 e. The van der Waals surface area contributed by atoms with Crippen LogP contribution in [0.5, 0.6) is 11.5 Å². The molecule has 1 N–H and O–H groups in total. The van der Waals surface area contributed by atoms with Crippen molar-refractivity contribution < 1.29 is 29.0 Å². The second-order valence-corrected chi connectivity index (χ2v) is 15.5. The van der Waals surface area contributed by atoms with Gasteiger partial charge in [-0.1, -0.05) is 42.5 Å². The number of phenolic OH excluding ortho intramolecular Hbond substituents is 1. The molecular formula is C43H43N5O6S. The molecule has 0 saturated carbocycles. The monoisotopic (exact) mass is 757 g/mol. The molecule has 4 aromatic carbocycles. The molecule has 8 rings (SSSR count). The van der Waals surface area contributed by atoms with Crippen LogP contribution in [-0.4, -0.2) is 95.2 Å². The number of carbonyl (C=O) groups excluding carboxylic acids is 3. The van der Waals surface area contributed by atoms with E-state index in [0.29, 0.717) is 72.5 Å². The number of phenols is 1. The van der Waals surface area contributed by atoms with Gasteiger partial charge < -0.3 is 29.3 Å². The Morgan fingerprint density at radius 3 is 2.38 bits per heavy atom. The third-order valence-electron chi connectivity index (χ3n) is 10.8. The number of aromatic nitrogens is 1. The first-order valence-corrected chi connectivity index (χ1v) is 19.4. The number of carbonyl (C=O) groups is 3. The fourth-order valence-electron chi connectivity index (χ4n) is 7.69. The van der Waals surface area contributed by atoms with Gasteiger partial charge in [-0.15, -0.1) is 11.3 Å². The molecule has 55 heavy (non-hydrogen) atoms. The number of hydrogen-bond donors (Lipinski definition) is 1. The van der Waals surface area contributed by atoms with Crippen LogP contribution in [-0.2, 0) is 30.7 Å². The summed E-state index contributed by atoms with van der Waals surface area (Å²) in [6.45, 7) is 6.82. The highest BCUT2D eigenvalue weighted by Crippen LogP contribution is 2.37. The lowest BCUT2D eigenvalue weighted by Gasteiger charge is -2.41. The van der Waals surface area contributed by atoms with Crippen molar-refractivity contribution in [3.05, 3.63) is 129 Å². The Hall–Kier alpha value is -5.56. The molecule has 12 heteroatoms. The normalized spacial score (nSPS) is 16.9. The van der Waals surface area contributed by atoms with Crippen LogP contribution < -0.4 is 9.64 Å². The number of morpholine rings is 1. The number of aromatic hydroxyl groups is 1. The molecule has 0 radical (unpaired) electrons. The highest BCUT2D eigenvalue weighted by Gasteiger charge is 2.35. The first-order valence-electron chi connectivity index (χ1n) is 18.6. The number of thiazole rings is 1. The van der Waals surface area contributed by atoms with Crippen LogP contribution in [0.1, 0.15) is 47.3 Å². The molecule has 4 heterocycles. The average Bonchev–Trinajstić information content (AvgIpc) is 3.61. The van der Waals surface area contributed by atoms with Crippen LogP contribution in [0.3, 0.4) is 0 Å². The average molecular weight is 758 g/mol. The van der Waals surface area contributed by atoms with Crippen LogP contribution in [0.4, 0.5) is 10.5 Å². The van der Waals surface area contributed by atoms with Crippen molar-refractivity contribution >= 4 is 34.9 Å². The zero-order valence-electron chi connectivity index (χ0n) is 30.9. The molecule has 11 nitrogen and oxygen atoms in total. The third-order valence-corrected chi connectivity index (χ3v) is 11.7. The molecule has 1 saturated heterocycles. The lowest BCUT2D eigenvalue weighted by molar-refractivity contribution is 0.0193. The summed E-state index contributed by atoms with van der Waals surface area (Å²) in [5.74, 6) is 0.182. The van der Waals surface area contributed by atoms with Gasteiger partial charge in [0, 0.05) is 74.0 Å². The summed E-state index contributed by atoms with van der Waals surface area (Å²) in [7, 11) is 1.68. The number of para-hydroxylation sites is 1. The van der Waals surface area contributed by atoms with E-state index in [1.54, 1.807) is 36.2 Å². The number of amides is 3. The van der Waals surface area contributed by atoms with E-state index in [1.165, 1.54) is 33.9 Å². The van der Waals surface area contributed by atoms with Crippen LogP contribution in [0.15, 0.2) is 91.0 Å². The number of rotatable bonds is 7. The lowest BCUT2D eigenvalue weighted by atomic mass is 9.89. The molecule has 3 aliphatic heterocycles. The van der Waals surface area contributed by atoms with E-state index in [-0.39, 0.29) is 23.6 Å². The Kier molecular flexibility index (Phi) is 10.4. The fraction of sp³-hybridized carbons (Fsp3) is 0.302. The summed E-state index contributed by atoms with van der Waals surface area (Å²) in [5.41, 5.74) is 6.64. The van der Waals surface area contributed by atoms with Crippen LogP contribution >= 0.6 is 11.3 Å². The van der Waals surface area contributed by atoms with Gasteiger partial charge in [-0.25, -0.2) is 9.78 Å². The van der Waals surface area contributed by atoms with Crippen molar-refractivity contribution in [3.8, 4) is 22.8 Å². The van der Waals surface area contributed by atoms with Gasteiger partial charge in [0.1, 0.15) is 11.5 Å². The number of ether oxygens (including phenoxy) is 2. The molecule has 0 aliphatic carbocycles. The SMILES string of the molecule is Cc1sc(C(=O)N(C)c2ccc(O)cc2)nc1-c1cc2c(cc1C(=O)N1Cc3ccccc3C[C@H]1CN1CCOCC1)CN(C(=O)Oc1ccccc1)CC2. The molecule has 5 aromatic rings. The third kappa shape index (κ3) is 7.71. The van der Waals surface area contributed by atoms with Gasteiger partial charge in [-0.2, -0.15) is 0 Å². The quantitative estimate of drug-likeness (QED) is 0.199. The van der Waals surface area contributed by atoms with Crippen molar-refractivity contribution in [3.63, 3.8) is 0 Å². The van der Waals surface area contributed by atoms with E-state index in [2.05, 4.69) is 23.1 Å². The van der Waals surface area contributed by atoms with E-state index < -0.39 is 6.09 Å². The highest BCUT2D eigenvalue weighted by atomic mass is 32.1. The van der Waals surface area contributed by atoms with Crippen LogP contribution in [0.25, 0.3) is 11.3 Å². The van der Waals surface area contributed by atoms with Gasteiger partial charge in [0.15, 0.2) is 5.01 Å². The first kappa shape index (κ1) is 36.4. The Morgan fingerprint density at radius 2 is 1.62 bits per heavy atom. The van der Waals surface area contributed by atoms with E-state index in [9.17, 15) is 14.7 Å². The van der Waals surface area contributed by atoms with Gasteiger partial charge in [-0.05, 0) is 90.6 Å². The predicted octanol–water partition coefficient (Wildman–Crippen LogP) is 6.56. The van der Waals surface area contributed by atoms with Crippen molar-refractivity contribution in [1.82, 2.24) is 19.7 Å². The molecule has 282 valence electrons. The molecule has 1 fully saturated rings. The predicted molar refractivity (Wildman–Crippen MR) is 211 cm³/mol. The molecule has 1 aromatic heterocycles. The number of fused-ring (bicyclic) bond motifs is 2. The Bertz CT molecular complexity index is 2220. The lowest BCUT2D eigenvalue weighted by Crippen LogP contribution is -2.52. The van der Waals surface area contributed by atoms with E-state index in [4.69, 9.17) is 14.5 Å². The summed E-state index contributed by atoms with van der Waals surface area (Å²) < 4.78 is 11.3. The molecule has 1 atom stereocenters. The van der Waals surface area contributed by atoms with Gasteiger partial charge in [0.2, 0.25) is 0 Å². The van der Waals surface area contributed by atoms with Crippen LogP contribution in [0.2, 0.25) is 0 Å². The molecule has 3 aliphatic rings. The van der Waals surface area contributed by atoms with Gasteiger partial charge >= 0.3 is 6.09 Å². The topological polar surface area (TPSA) is 116 Å². The number of hydrogen-bond acceptors (Lipinski definition) is 9. The van der Waals surface area contributed by atoms with Crippen LogP contribution in [0, 0.1) is 6.92 Å². The maximum atomic E-state index is 15.2.